The molecule has 1 heterocycles. The maximum atomic E-state index is 11.9. The zero-order valence-corrected chi connectivity index (χ0v) is 13.8. The van der Waals surface area contributed by atoms with Crippen LogP contribution in [0.25, 0.3) is 0 Å². The Bertz CT molecular complexity index is 836. The lowest BCUT2D eigenvalue weighted by molar-refractivity contribution is -0.384. The van der Waals surface area contributed by atoms with Crippen molar-refractivity contribution in [2.24, 2.45) is 0 Å². The van der Waals surface area contributed by atoms with Crippen LogP contribution in [-0.2, 0) is 16.1 Å². The first-order valence-electron chi connectivity index (χ1n) is 7.08. The molecule has 2 aromatic rings. The number of carbonyl (C=O) groups excluding carboxylic acids is 3. The first-order chi connectivity index (χ1) is 12.4. The van der Waals surface area contributed by atoms with E-state index in [4.69, 9.17) is 20.8 Å². The maximum absolute atomic E-state index is 11.9. The number of urea groups is 1. The lowest BCUT2D eigenvalue weighted by Crippen LogP contribution is -2.41. The summed E-state index contributed by atoms with van der Waals surface area (Å²) in [7, 11) is 0. The van der Waals surface area contributed by atoms with Gasteiger partial charge < -0.3 is 14.5 Å². The van der Waals surface area contributed by atoms with Crippen molar-refractivity contribution in [2.45, 2.75) is 6.54 Å². The van der Waals surface area contributed by atoms with E-state index in [1.165, 1.54) is 12.3 Å². The smallest absolute Gasteiger partial charge is 0.340 e. The number of hydrogen-bond donors (Lipinski definition) is 2. The number of amides is 3. The van der Waals surface area contributed by atoms with Gasteiger partial charge in [0.25, 0.3) is 11.6 Å². The Hall–Kier alpha value is -3.40. The molecule has 3 amide bonds. The quantitative estimate of drug-likeness (QED) is 0.443. The second-order valence-electron chi connectivity index (χ2n) is 4.81. The van der Waals surface area contributed by atoms with Gasteiger partial charge in [-0.1, -0.05) is 11.6 Å². The summed E-state index contributed by atoms with van der Waals surface area (Å²) in [6, 6.07) is 5.67. The van der Waals surface area contributed by atoms with E-state index in [0.717, 1.165) is 12.1 Å². The molecule has 2 N–H and O–H groups in total. The van der Waals surface area contributed by atoms with Crippen LogP contribution in [-0.4, -0.2) is 29.4 Å². The Labute approximate surface area is 151 Å². The number of imide groups is 1. The number of nitro benzene ring substituents is 1. The number of nitro groups is 1. The van der Waals surface area contributed by atoms with E-state index in [-0.39, 0.29) is 22.8 Å². The fourth-order valence-electron chi connectivity index (χ4n) is 1.78. The summed E-state index contributed by atoms with van der Waals surface area (Å²) in [4.78, 5) is 45.0. The number of hydrogen-bond acceptors (Lipinski definition) is 7. The summed E-state index contributed by atoms with van der Waals surface area (Å²) in [5.41, 5.74) is -0.626. The minimum atomic E-state index is -1.04. The van der Waals surface area contributed by atoms with Crippen LogP contribution in [0.5, 0.6) is 0 Å². The maximum Gasteiger partial charge on any atom is 0.340 e. The molecule has 0 unspecified atom stereocenters. The van der Waals surface area contributed by atoms with Crippen molar-refractivity contribution in [3.05, 3.63) is 63.1 Å². The van der Waals surface area contributed by atoms with Crippen LogP contribution in [0.4, 0.5) is 10.5 Å². The van der Waals surface area contributed by atoms with Gasteiger partial charge in [-0.3, -0.25) is 20.2 Å². The fourth-order valence-corrected chi connectivity index (χ4v) is 1.97. The monoisotopic (exact) mass is 381 g/mol. The number of non-ortho nitro benzene ring substituents is 1. The standard InChI is InChI=1S/C15H12ClN3O7/c16-12-4-3-9(19(23)24)6-11(12)14(21)26-8-13(20)18-15(22)17-7-10-2-1-5-25-10/h1-6H,7-8H2,(H2,17,18,20,22). The number of nitrogens with zero attached hydrogens (tertiary/aromatic N) is 1. The molecule has 0 atom stereocenters. The molecule has 0 spiro atoms. The second-order valence-corrected chi connectivity index (χ2v) is 5.21. The Kier molecular flexibility index (Phi) is 6.28. The Morgan fingerprint density at radius 1 is 1.27 bits per heavy atom. The summed E-state index contributed by atoms with van der Waals surface area (Å²) in [6.07, 6.45) is 1.43. The minimum absolute atomic E-state index is 0.0647. The van der Waals surface area contributed by atoms with Gasteiger partial charge in [-0.2, -0.15) is 0 Å². The Balaban J connectivity index is 1.83. The molecule has 0 saturated heterocycles. The van der Waals surface area contributed by atoms with Crippen molar-refractivity contribution in [3.63, 3.8) is 0 Å². The molecule has 0 aliphatic carbocycles. The van der Waals surface area contributed by atoms with E-state index in [9.17, 15) is 24.5 Å². The number of rotatable bonds is 6. The number of esters is 1. The highest BCUT2D eigenvalue weighted by molar-refractivity contribution is 6.33. The Morgan fingerprint density at radius 2 is 2.04 bits per heavy atom. The molecule has 1 aromatic heterocycles. The number of carbonyl (C=O) groups is 3. The molecule has 0 aliphatic heterocycles. The van der Waals surface area contributed by atoms with E-state index in [1.807, 2.05) is 5.32 Å². The number of benzene rings is 1. The van der Waals surface area contributed by atoms with Crippen LogP contribution in [0.2, 0.25) is 5.02 Å². The van der Waals surface area contributed by atoms with E-state index in [0.29, 0.717) is 5.76 Å². The molecule has 0 fully saturated rings. The average Bonchev–Trinajstić information content (AvgIpc) is 3.11. The highest BCUT2D eigenvalue weighted by Gasteiger charge is 2.18. The molecule has 0 saturated carbocycles. The second kappa shape index (κ2) is 8.62. The third-order valence-electron chi connectivity index (χ3n) is 2.97. The molecule has 26 heavy (non-hydrogen) atoms. The van der Waals surface area contributed by atoms with Crippen LogP contribution >= 0.6 is 11.6 Å². The summed E-state index contributed by atoms with van der Waals surface area (Å²) in [5, 5.41) is 15.0. The topological polar surface area (TPSA) is 141 Å². The highest BCUT2D eigenvalue weighted by Crippen LogP contribution is 2.22. The zero-order chi connectivity index (χ0) is 19.1. The SMILES string of the molecule is O=C(COC(=O)c1cc([N+](=O)[O-])ccc1Cl)NC(=O)NCc1ccco1. The van der Waals surface area contributed by atoms with E-state index in [1.54, 1.807) is 12.1 Å². The van der Waals surface area contributed by atoms with Gasteiger partial charge >= 0.3 is 12.0 Å². The lowest BCUT2D eigenvalue weighted by Gasteiger charge is -2.07. The highest BCUT2D eigenvalue weighted by atomic mass is 35.5. The van der Waals surface area contributed by atoms with Crippen LogP contribution in [0.1, 0.15) is 16.1 Å². The molecule has 136 valence electrons. The average molecular weight is 382 g/mol. The number of furan rings is 1. The van der Waals surface area contributed by atoms with Crippen molar-refractivity contribution in [1.82, 2.24) is 10.6 Å². The number of nitrogens with one attached hydrogen (secondary N) is 2. The summed E-state index contributed by atoms with van der Waals surface area (Å²) in [6.45, 7) is -0.707. The molecule has 0 bridgehead atoms. The fraction of sp³-hybridized carbons (Fsp3) is 0.133. The van der Waals surface area contributed by atoms with Crippen molar-refractivity contribution in [3.8, 4) is 0 Å². The summed E-state index contributed by atoms with van der Waals surface area (Å²) < 4.78 is 9.70. The zero-order valence-electron chi connectivity index (χ0n) is 13.1. The van der Waals surface area contributed by atoms with Crippen molar-refractivity contribution >= 4 is 35.2 Å². The third-order valence-corrected chi connectivity index (χ3v) is 3.30. The van der Waals surface area contributed by atoms with Crippen molar-refractivity contribution in [2.75, 3.05) is 6.61 Å². The predicted molar refractivity (Wildman–Crippen MR) is 87.5 cm³/mol. The normalized spacial score (nSPS) is 10.0. The van der Waals surface area contributed by atoms with E-state index >= 15 is 0 Å². The minimum Gasteiger partial charge on any atom is -0.467 e. The van der Waals surface area contributed by atoms with Gasteiger partial charge in [-0.15, -0.1) is 0 Å². The van der Waals surface area contributed by atoms with Gasteiger partial charge in [0.1, 0.15) is 5.76 Å². The van der Waals surface area contributed by atoms with E-state index in [2.05, 4.69) is 5.32 Å². The largest absolute Gasteiger partial charge is 0.467 e. The molecule has 0 aliphatic rings. The van der Waals surface area contributed by atoms with Crippen LogP contribution in [0.15, 0.2) is 41.0 Å². The lowest BCUT2D eigenvalue weighted by atomic mass is 10.2. The first-order valence-corrected chi connectivity index (χ1v) is 7.45. The summed E-state index contributed by atoms with van der Waals surface area (Å²) >= 11 is 5.79. The molecular formula is C15H12ClN3O7. The first kappa shape index (κ1) is 18.9. The van der Waals surface area contributed by atoms with Crippen LogP contribution < -0.4 is 10.6 Å². The van der Waals surface area contributed by atoms with Crippen LogP contribution in [0, 0.1) is 10.1 Å². The van der Waals surface area contributed by atoms with Gasteiger partial charge in [0.15, 0.2) is 6.61 Å². The third kappa shape index (κ3) is 5.31. The molecule has 11 heteroatoms. The van der Waals surface area contributed by atoms with Gasteiger partial charge in [-0.25, -0.2) is 9.59 Å². The van der Waals surface area contributed by atoms with Crippen LogP contribution in [0.3, 0.4) is 0 Å². The van der Waals surface area contributed by atoms with Gasteiger partial charge in [0.05, 0.1) is 28.3 Å². The predicted octanol–water partition coefficient (Wildman–Crippen LogP) is 2.02. The number of halogens is 1. The summed E-state index contributed by atoms with van der Waals surface area (Å²) in [5.74, 6) is -1.44. The Morgan fingerprint density at radius 3 is 2.69 bits per heavy atom. The molecule has 2 rings (SSSR count). The van der Waals surface area contributed by atoms with Crippen molar-refractivity contribution < 1.29 is 28.5 Å². The van der Waals surface area contributed by atoms with Gasteiger partial charge in [0, 0.05) is 12.1 Å². The van der Waals surface area contributed by atoms with Crippen molar-refractivity contribution in [1.29, 1.82) is 0 Å². The molecule has 10 nitrogen and oxygen atoms in total. The van der Waals surface area contributed by atoms with E-state index < -0.39 is 29.4 Å². The van der Waals surface area contributed by atoms with Gasteiger partial charge in [0.2, 0.25) is 0 Å². The molecule has 0 radical (unpaired) electrons. The number of ether oxygens (including phenoxy) is 1. The van der Waals surface area contributed by atoms with Gasteiger partial charge in [-0.05, 0) is 18.2 Å². The molecule has 1 aromatic carbocycles. The molecular weight excluding hydrogens is 370 g/mol.